The van der Waals surface area contributed by atoms with E-state index in [1.807, 2.05) is 6.92 Å². The molecule has 1 aromatic rings. The van der Waals surface area contributed by atoms with Gasteiger partial charge in [0.25, 0.3) is 0 Å². The maximum absolute atomic E-state index is 5.71. The quantitative estimate of drug-likeness (QED) is 0.770. The highest BCUT2D eigenvalue weighted by Gasteiger charge is 2.11. The zero-order valence-electron chi connectivity index (χ0n) is 11.9. The second-order valence-corrected chi connectivity index (χ2v) is 4.47. The average molecular weight is 250 g/mol. The van der Waals surface area contributed by atoms with Crippen molar-refractivity contribution in [3.8, 4) is 0 Å². The Morgan fingerprint density at radius 1 is 1.28 bits per heavy atom. The van der Waals surface area contributed by atoms with Gasteiger partial charge in [-0.1, -0.05) is 18.2 Å². The topological polar surface area (TPSA) is 38.5 Å². The summed E-state index contributed by atoms with van der Waals surface area (Å²) >= 11 is 0. The van der Waals surface area contributed by atoms with Crippen LogP contribution in [0.2, 0.25) is 0 Å². The molecular weight excluding hydrogens is 224 g/mol. The Kier molecular flexibility index (Phi) is 6.76. The van der Waals surface area contributed by atoms with Gasteiger partial charge in [0.05, 0.1) is 6.10 Å². The number of hydrogen-bond acceptors (Lipinski definition) is 3. The standard InChI is InChI=1S/C15H26N2O/c1-4-17(11-10-14(12-16)18-5-2)15-9-7-6-8-13(15)3/h6-9,14H,4-5,10-12,16H2,1-3H3. The number of ether oxygens (including phenoxy) is 1. The van der Waals surface area contributed by atoms with Crippen molar-refractivity contribution < 1.29 is 4.74 Å². The Balaban J connectivity index is 2.60. The fourth-order valence-electron chi connectivity index (χ4n) is 2.17. The summed E-state index contributed by atoms with van der Waals surface area (Å²) in [5.41, 5.74) is 8.34. The van der Waals surface area contributed by atoms with Crippen molar-refractivity contribution in [2.45, 2.75) is 33.3 Å². The summed E-state index contributed by atoms with van der Waals surface area (Å²) in [6.45, 7) is 9.68. The third kappa shape index (κ3) is 4.31. The minimum Gasteiger partial charge on any atom is -0.377 e. The van der Waals surface area contributed by atoms with Crippen molar-refractivity contribution in [3.63, 3.8) is 0 Å². The van der Waals surface area contributed by atoms with Crippen LogP contribution < -0.4 is 10.6 Å². The molecule has 1 atom stereocenters. The molecule has 1 unspecified atom stereocenters. The van der Waals surface area contributed by atoms with Crippen LogP contribution in [0, 0.1) is 6.92 Å². The molecule has 0 aliphatic carbocycles. The highest BCUT2D eigenvalue weighted by molar-refractivity contribution is 5.52. The molecule has 0 aliphatic rings. The fraction of sp³-hybridized carbons (Fsp3) is 0.600. The first-order valence-corrected chi connectivity index (χ1v) is 6.85. The molecule has 3 heteroatoms. The summed E-state index contributed by atoms with van der Waals surface area (Å²) < 4.78 is 5.60. The lowest BCUT2D eigenvalue weighted by atomic mass is 10.1. The van der Waals surface area contributed by atoms with Crippen LogP contribution in [0.15, 0.2) is 24.3 Å². The summed E-state index contributed by atoms with van der Waals surface area (Å²) in [5.74, 6) is 0. The smallest absolute Gasteiger partial charge is 0.0713 e. The molecule has 2 N–H and O–H groups in total. The van der Waals surface area contributed by atoms with Crippen molar-refractivity contribution in [1.29, 1.82) is 0 Å². The normalized spacial score (nSPS) is 12.4. The van der Waals surface area contributed by atoms with E-state index < -0.39 is 0 Å². The first kappa shape index (κ1) is 15.0. The number of benzene rings is 1. The van der Waals surface area contributed by atoms with Gasteiger partial charge in [0.15, 0.2) is 0 Å². The summed E-state index contributed by atoms with van der Waals surface area (Å²) in [6, 6.07) is 8.50. The molecule has 0 fully saturated rings. The summed E-state index contributed by atoms with van der Waals surface area (Å²) in [6.07, 6.45) is 1.15. The number of rotatable bonds is 8. The third-order valence-corrected chi connectivity index (χ3v) is 3.22. The van der Waals surface area contributed by atoms with Gasteiger partial charge < -0.3 is 15.4 Å². The van der Waals surface area contributed by atoms with E-state index in [2.05, 4.69) is 43.0 Å². The number of para-hydroxylation sites is 1. The van der Waals surface area contributed by atoms with Gasteiger partial charge in [-0.2, -0.15) is 0 Å². The van der Waals surface area contributed by atoms with Crippen molar-refractivity contribution in [2.75, 3.05) is 31.1 Å². The maximum atomic E-state index is 5.71. The molecular formula is C15H26N2O. The van der Waals surface area contributed by atoms with E-state index in [1.165, 1.54) is 11.3 Å². The highest BCUT2D eigenvalue weighted by Crippen LogP contribution is 2.19. The highest BCUT2D eigenvalue weighted by atomic mass is 16.5. The predicted octanol–water partition coefficient (Wildman–Crippen LogP) is 2.58. The fourth-order valence-corrected chi connectivity index (χ4v) is 2.17. The van der Waals surface area contributed by atoms with E-state index in [4.69, 9.17) is 10.5 Å². The third-order valence-electron chi connectivity index (χ3n) is 3.22. The summed E-state index contributed by atoms with van der Waals surface area (Å²) in [7, 11) is 0. The predicted molar refractivity (Wildman–Crippen MR) is 78.2 cm³/mol. The van der Waals surface area contributed by atoms with Crippen molar-refractivity contribution in [2.24, 2.45) is 5.73 Å². The molecule has 0 spiro atoms. The number of hydrogen-bond donors (Lipinski definition) is 1. The van der Waals surface area contributed by atoms with Gasteiger partial charge in [-0.3, -0.25) is 0 Å². The van der Waals surface area contributed by atoms with Gasteiger partial charge in [0.1, 0.15) is 0 Å². The molecule has 3 nitrogen and oxygen atoms in total. The number of nitrogens with zero attached hydrogens (tertiary/aromatic N) is 1. The molecule has 0 bridgehead atoms. The minimum atomic E-state index is 0.174. The average Bonchev–Trinajstić information content (AvgIpc) is 2.40. The lowest BCUT2D eigenvalue weighted by Gasteiger charge is -2.27. The van der Waals surface area contributed by atoms with E-state index in [-0.39, 0.29) is 6.10 Å². The second kappa shape index (κ2) is 8.11. The van der Waals surface area contributed by atoms with E-state index in [0.717, 1.165) is 26.1 Å². The van der Waals surface area contributed by atoms with Crippen LogP contribution >= 0.6 is 0 Å². The van der Waals surface area contributed by atoms with Crippen LogP contribution in [-0.2, 0) is 4.74 Å². The van der Waals surface area contributed by atoms with Gasteiger partial charge in [-0.05, 0) is 38.8 Å². The number of nitrogens with two attached hydrogens (primary N) is 1. The zero-order chi connectivity index (χ0) is 13.4. The maximum Gasteiger partial charge on any atom is 0.0713 e. The number of aryl methyl sites for hydroxylation is 1. The summed E-state index contributed by atoms with van der Waals surface area (Å²) in [5, 5.41) is 0. The monoisotopic (exact) mass is 250 g/mol. The van der Waals surface area contributed by atoms with E-state index in [1.54, 1.807) is 0 Å². The largest absolute Gasteiger partial charge is 0.377 e. The first-order chi connectivity index (χ1) is 8.72. The van der Waals surface area contributed by atoms with Crippen LogP contribution in [-0.4, -0.2) is 32.3 Å². The molecule has 0 saturated heterocycles. The Hall–Kier alpha value is -1.06. The van der Waals surface area contributed by atoms with Gasteiger partial charge in [-0.15, -0.1) is 0 Å². The van der Waals surface area contributed by atoms with Gasteiger partial charge >= 0.3 is 0 Å². The van der Waals surface area contributed by atoms with E-state index in [9.17, 15) is 0 Å². The van der Waals surface area contributed by atoms with Crippen molar-refractivity contribution >= 4 is 5.69 Å². The SMILES string of the molecule is CCOC(CN)CCN(CC)c1ccccc1C. The van der Waals surface area contributed by atoms with E-state index >= 15 is 0 Å². The molecule has 1 aromatic carbocycles. The lowest BCUT2D eigenvalue weighted by Crippen LogP contribution is -2.32. The second-order valence-electron chi connectivity index (χ2n) is 4.47. The summed E-state index contributed by atoms with van der Waals surface area (Å²) in [4.78, 5) is 2.39. The molecule has 102 valence electrons. The molecule has 0 heterocycles. The van der Waals surface area contributed by atoms with Gasteiger partial charge in [-0.25, -0.2) is 0 Å². The first-order valence-electron chi connectivity index (χ1n) is 6.85. The molecule has 0 aliphatic heterocycles. The van der Waals surface area contributed by atoms with Crippen LogP contribution in [0.5, 0.6) is 0 Å². The molecule has 18 heavy (non-hydrogen) atoms. The Bertz CT molecular complexity index is 341. The van der Waals surface area contributed by atoms with Crippen LogP contribution in [0.4, 0.5) is 5.69 Å². The Morgan fingerprint density at radius 2 is 2.00 bits per heavy atom. The lowest BCUT2D eigenvalue weighted by molar-refractivity contribution is 0.0644. The van der Waals surface area contributed by atoms with Crippen LogP contribution in [0.25, 0.3) is 0 Å². The Labute approximate surface area is 111 Å². The molecule has 0 radical (unpaired) electrons. The molecule has 1 rings (SSSR count). The van der Waals surface area contributed by atoms with E-state index in [0.29, 0.717) is 6.54 Å². The minimum absolute atomic E-state index is 0.174. The van der Waals surface area contributed by atoms with Crippen LogP contribution in [0.1, 0.15) is 25.8 Å². The number of anilines is 1. The molecule has 0 amide bonds. The van der Waals surface area contributed by atoms with Gasteiger partial charge in [0.2, 0.25) is 0 Å². The zero-order valence-corrected chi connectivity index (χ0v) is 11.9. The van der Waals surface area contributed by atoms with Crippen molar-refractivity contribution in [1.82, 2.24) is 0 Å². The van der Waals surface area contributed by atoms with Crippen LogP contribution in [0.3, 0.4) is 0 Å². The Morgan fingerprint density at radius 3 is 2.56 bits per heavy atom. The molecule has 0 saturated carbocycles. The van der Waals surface area contributed by atoms with Gasteiger partial charge in [0, 0.05) is 31.9 Å². The molecule has 0 aromatic heterocycles. The van der Waals surface area contributed by atoms with Crippen molar-refractivity contribution in [3.05, 3.63) is 29.8 Å².